The molecule has 0 aromatic heterocycles. The molecule has 5 rings (SSSR count). The topological polar surface area (TPSA) is 62.2 Å². The molecule has 2 N–H and O–H groups in total. The molecular weight excluding hydrogens is 414 g/mol. The maximum atomic E-state index is 10.2. The molecule has 2 aliphatic rings. The molecule has 5 nitrogen and oxygen atoms in total. The number of allylic oxidation sites excluding steroid dienone is 1. The fourth-order valence-electron chi connectivity index (χ4n) is 4.68. The number of fused-ring (bicyclic) bond motifs is 1. The van der Waals surface area contributed by atoms with Crippen molar-refractivity contribution in [3.63, 3.8) is 0 Å². The van der Waals surface area contributed by atoms with Crippen LogP contribution in [0.5, 0.6) is 17.2 Å². The van der Waals surface area contributed by atoms with Gasteiger partial charge in [0, 0.05) is 19.6 Å². The summed E-state index contributed by atoms with van der Waals surface area (Å²) in [6.07, 6.45) is 1.81. The molecule has 1 saturated heterocycles. The molecule has 0 unspecified atom stereocenters. The Morgan fingerprint density at radius 1 is 0.788 bits per heavy atom. The van der Waals surface area contributed by atoms with Gasteiger partial charge in [-0.2, -0.15) is 0 Å². The Kier molecular flexibility index (Phi) is 6.33. The van der Waals surface area contributed by atoms with Gasteiger partial charge >= 0.3 is 0 Å². The van der Waals surface area contributed by atoms with Crippen molar-refractivity contribution in [2.24, 2.45) is 0 Å². The van der Waals surface area contributed by atoms with E-state index in [9.17, 15) is 10.2 Å². The van der Waals surface area contributed by atoms with E-state index >= 15 is 0 Å². The zero-order chi connectivity index (χ0) is 22.6. The fourth-order valence-corrected chi connectivity index (χ4v) is 4.68. The van der Waals surface area contributed by atoms with Crippen molar-refractivity contribution in [3.05, 3.63) is 89.0 Å². The average Bonchev–Trinajstić information content (AvgIpc) is 2.85. The second-order valence-corrected chi connectivity index (χ2v) is 8.57. The van der Waals surface area contributed by atoms with Gasteiger partial charge in [0.1, 0.15) is 23.9 Å². The van der Waals surface area contributed by atoms with E-state index in [1.54, 1.807) is 18.2 Å². The van der Waals surface area contributed by atoms with Crippen LogP contribution in [0, 0.1) is 0 Å². The van der Waals surface area contributed by atoms with Gasteiger partial charge in [-0.1, -0.05) is 30.3 Å². The van der Waals surface area contributed by atoms with Gasteiger partial charge in [0.2, 0.25) is 0 Å². The van der Waals surface area contributed by atoms with E-state index in [1.807, 2.05) is 36.4 Å². The maximum absolute atomic E-state index is 10.2. The number of hydrogen-bond acceptors (Lipinski definition) is 5. The zero-order valence-electron chi connectivity index (χ0n) is 18.7. The molecule has 1 fully saturated rings. The average molecular weight is 444 g/mol. The molecule has 0 radical (unpaired) electrons. The molecule has 3 aromatic carbocycles. The van der Waals surface area contributed by atoms with E-state index in [4.69, 9.17) is 9.47 Å². The van der Waals surface area contributed by atoms with Crippen molar-refractivity contribution in [3.8, 4) is 17.2 Å². The molecule has 1 heterocycles. The van der Waals surface area contributed by atoms with E-state index in [0.29, 0.717) is 6.61 Å². The quantitative estimate of drug-likeness (QED) is 0.578. The van der Waals surface area contributed by atoms with Crippen LogP contribution in [0.25, 0.3) is 11.1 Å². The Morgan fingerprint density at radius 3 is 2.24 bits per heavy atom. The van der Waals surface area contributed by atoms with Crippen molar-refractivity contribution < 1.29 is 19.7 Å². The van der Waals surface area contributed by atoms with Gasteiger partial charge in [-0.05, 0) is 82.6 Å². The number of phenols is 2. The minimum Gasteiger partial charge on any atom is -0.508 e. The lowest BCUT2D eigenvalue weighted by Gasteiger charge is -2.26. The first-order valence-corrected chi connectivity index (χ1v) is 11.6. The molecule has 0 saturated carbocycles. The molecular formula is C28H29NO4. The summed E-state index contributed by atoms with van der Waals surface area (Å²) in [5.41, 5.74) is 6.81. The van der Waals surface area contributed by atoms with Crippen LogP contribution >= 0.6 is 0 Å². The predicted octanol–water partition coefficient (Wildman–Crippen LogP) is 4.71. The monoisotopic (exact) mass is 443 g/mol. The standard InChI is InChI=1S/C28H29NO4/c30-23-7-1-20(2-8-23)26-12-6-21-3-9-24(31)19-27(21)28(26)22-4-10-25(11-5-22)33-18-15-29-13-16-32-17-14-29/h1-5,7-11,19,30-31H,6,12-18H2. The third kappa shape index (κ3) is 4.90. The molecule has 0 spiro atoms. The Hall–Kier alpha value is -3.28. The van der Waals surface area contributed by atoms with E-state index in [0.717, 1.165) is 73.7 Å². The number of aryl methyl sites for hydroxylation is 1. The van der Waals surface area contributed by atoms with Crippen LogP contribution in [-0.4, -0.2) is 54.6 Å². The largest absolute Gasteiger partial charge is 0.508 e. The summed E-state index contributed by atoms with van der Waals surface area (Å²) in [4.78, 5) is 2.36. The van der Waals surface area contributed by atoms with Crippen LogP contribution in [0.1, 0.15) is 28.7 Å². The maximum Gasteiger partial charge on any atom is 0.119 e. The van der Waals surface area contributed by atoms with E-state index in [1.165, 1.54) is 11.1 Å². The number of hydrogen-bond donors (Lipinski definition) is 2. The summed E-state index contributed by atoms with van der Waals surface area (Å²) in [6, 6.07) is 21.2. The SMILES string of the molecule is Oc1ccc(C2=C(c3ccc(OCCN4CCOCC4)cc3)c3cc(O)ccc3CC2)cc1. The summed E-state index contributed by atoms with van der Waals surface area (Å²) in [5.74, 6) is 1.38. The third-order valence-electron chi connectivity index (χ3n) is 6.45. The molecule has 0 amide bonds. The highest BCUT2D eigenvalue weighted by Crippen LogP contribution is 2.42. The van der Waals surface area contributed by atoms with Crippen LogP contribution < -0.4 is 4.74 Å². The number of ether oxygens (including phenoxy) is 2. The molecule has 170 valence electrons. The number of aromatic hydroxyl groups is 2. The zero-order valence-corrected chi connectivity index (χ0v) is 18.7. The van der Waals surface area contributed by atoms with Crippen LogP contribution in [-0.2, 0) is 11.2 Å². The van der Waals surface area contributed by atoms with Crippen LogP contribution in [0.4, 0.5) is 0 Å². The summed E-state index contributed by atoms with van der Waals surface area (Å²) in [5, 5.41) is 20.0. The minimum atomic E-state index is 0.258. The van der Waals surface area contributed by atoms with Crippen LogP contribution in [0.3, 0.4) is 0 Å². The highest BCUT2D eigenvalue weighted by molar-refractivity contribution is 6.01. The highest BCUT2D eigenvalue weighted by atomic mass is 16.5. The van der Waals surface area contributed by atoms with Crippen molar-refractivity contribution >= 4 is 11.1 Å². The number of nitrogens with zero attached hydrogens (tertiary/aromatic N) is 1. The summed E-state index contributed by atoms with van der Waals surface area (Å²) in [6.45, 7) is 5.06. The van der Waals surface area contributed by atoms with E-state index in [-0.39, 0.29) is 11.5 Å². The first-order valence-electron chi connectivity index (χ1n) is 11.6. The smallest absolute Gasteiger partial charge is 0.119 e. The summed E-state index contributed by atoms with van der Waals surface area (Å²) >= 11 is 0. The van der Waals surface area contributed by atoms with Crippen molar-refractivity contribution in [1.82, 2.24) is 4.90 Å². The number of morpholine rings is 1. The molecule has 0 bridgehead atoms. The second-order valence-electron chi connectivity index (χ2n) is 8.57. The summed E-state index contributed by atoms with van der Waals surface area (Å²) < 4.78 is 11.4. The lowest BCUT2D eigenvalue weighted by molar-refractivity contribution is 0.0322. The minimum absolute atomic E-state index is 0.258. The van der Waals surface area contributed by atoms with Gasteiger partial charge in [0.15, 0.2) is 0 Å². The van der Waals surface area contributed by atoms with Gasteiger partial charge in [-0.25, -0.2) is 0 Å². The fraction of sp³-hybridized carbons (Fsp3) is 0.286. The van der Waals surface area contributed by atoms with Gasteiger partial charge < -0.3 is 19.7 Å². The van der Waals surface area contributed by atoms with Gasteiger partial charge in [-0.15, -0.1) is 0 Å². The molecule has 1 aliphatic carbocycles. The Bertz CT molecular complexity index is 1130. The molecule has 0 atom stereocenters. The van der Waals surface area contributed by atoms with Crippen molar-refractivity contribution in [2.45, 2.75) is 12.8 Å². The van der Waals surface area contributed by atoms with Gasteiger partial charge in [0.05, 0.1) is 13.2 Å². The number of phenolic OH excluding ortho intramolecular Hbond substituents is 2. The van der Waals surface area contributed by atoms with E-state index in [2.05, 4.69) is 17.0 Å². The van der Waals surface area contributed by atoms with Crippen LogP contribution in [0.15, 0.2) is 66.7 Å². The predicted molar refractivity (Wildman–Crippen MR) is 130 cm³/mol. The number of rotatable bonds is 6. The van der Waals surface area contributed by atoms with Crippen molar-refractivity contribution in [1.29, 1.82) is 0 Å². The van der Waals surface area contributed by atoms with Crippen LogP contribution in [0.2, 0.25) is 0 Å². The van der Waals surface area contributed by atoms with E-state index < -0.39 is 0 Å². The first-order chi connectivity index (χ1) is 16.2. The Labute approximate surface area is 194 Å². The van der Waals surface area contributed by atoms with Gasteiger partial charge in [-0.3, -0.25) is 4.90 Å². The second kappa shape index (κ2) is 9.69. The Balaban J connectivity index is 1.42. The number of benzene rings is 3. The normalized spacial score (nSPS) is 16.5. The third-order valence-corrected chi connectivity index (χ3v) is 6.45. The molecule has 33 heavy (non-hydrogen) atoms. The highest BCUT2D eigenvalue weighted by Gasteiger charge is 2.22. The molecule has 5 heteroatoms. The van der Waals surface area contributed by atoms with Gasteiger partial charge in [0.25, 0.3) is 0 Å². The van der Waals surface area contributed by atoms with Crippen molar-refractivity contribution in [2.75, 3.05) is 39.5 Å². The Morgan fingerprint density at radius 2 is 1.48 bits per heavy atom. The first kappa shape index (κ1) is 21.6. The lowest BCUT2D eigenvalue weighted by atomic mass is 9.79. The molecule has 1 aliphatic heterocycles. The summed E-state index contributed by atoms with van der Waals surface area (Å²) in [7, 11) is 0. The molecule has 3 aromatic rings. The lowest BCUT2D eigenvalue weighted by Crippen LogP contribution is -2.38.